The molecule has 4 nitrogen and oxygen atoms in total. The van der Waals surface area contributed by atoms with E-state index in [1.165, 1.54) is 0 Å². The minimum Gasteiger partial charge on any atom is -0.370 e. The maximum absolute atomic E-state index is 4.73. The number of anilines is 2. The summed E-state index contributed by atoms with van der Waals surface area (Å²) in [7, 11) is 0. The van der Waals surface area contributed by atoms with Gasteiger partial charge in [-0.05, 0) is 33.6 Å². The molecule has 0 aliphatic carbocycles. The summed E-state index contributed by atoms with van der Waals surface area (Å²) >= 11 is 0. The first kappa shape index (κ1) is 16.7. The Hall–Kier alpha value is -1.32. The summed E-state index contributed by atoms with van der Waals surface area (Å²) in [4.78, 5) is 9.38. The number of hydrogen-bond donors (Lipinski definition) is 2. The van der Waals surface area contributed by atoms with Crippen LogP contribution in [-0.2, 0) is 0 Å². The second-order valence-corrected chi connectivity index (χ2v) is 5.98. The summed E-state index contributed by atoms with van der Waals surface area (Å²) in [5.74, 6) is 3.13. The van der Waals surface area contributed by atoms with Crippen LogP contribution in [0.25, 0.3) is 0 Å². The Morgan fingerprint density at radius 2 is 1.60 bits per heavy atom. The highest BCUT2D eigenvalue weighted by atomic mass is 15.1. The molecule has 1 aromatic heterocycles. The van der Waals surface area contributed by atoms with Gasteiger partial charge >= 0.3 is 0 Å². The zero-order valence-corrected chi connectivity index (χ0v) is 14.1. The molecule has 114 valence electrons. The molecule has 2 N–H and O–H groups in total. The van der Waals surface area contributed by atoms with Gasteiger partial charge in [0.2, 0.25) is 0 Å². The van der Waals surface area contributed by atoms with E-state index in [2.05, 4.69) is 64.1 Å². The van der Waals surface area contributed by atoms with Gasteiger partial charge in [-0.3, -0.25) is 0 Å². The van der Waals surface area contributed by atoms with Gasteiger partial charge in [0, 0.05) is 23.6 Å². The molecule has 0 saturated carbocycles. The molecule has 0 aromatic carbocycles. The molecule has 20 heavy (non-hydrogen) atoms. The molecular formula is C16H30N4. The Morgan fingerprint density at radius 1 is 1.05 bits per heavy atom. The van der Waals surface area contributed by atoms with Gasteiger partial charge in [0.25, 0.3) is 0 Å². The maximum Gasteiger partial charge on any atom is 0.135 e. The largest absolute Gasteiger partial charge is 0.370 e. The highest BCUT2D eigenvalue weighted by molar-refractivity contribution is 5.58. The minimum absolute atomic E-state index is 0.0802. The standard InChI is InChI=1S/C16H30N4/c1-8-16(7,9-2)20-15-12(6)14(17-10-3)18-13(19-15)11(4)5/h11H,8-10H2,1-7H3,(H2,17,18,19,20). The second-order valence-electron chi connectivity index (χ2n) is 5.98. The Balaban J connectivity index is 3.23. The Bertz CT molecular complexity index is 436. The summed E-state index contributed by atoms with van der Waals surface area (Å²) in [6.07, 6.45) is 2.14. The van der Waals surface area contributed by atoms with Crippen molar-refractivity contribution in [3.8, 4) is 0 Å². The molecule has 1 rings (SSSR count). The van der Waals surface area contributed by atoms with Crippen LogP contribution >= 0.6 is 0 Å². The molecule has 0 spiro atoms. The van der Waals surface area contributed by atoms with Crippen LogP contribution in [-0.4, -0.2) is 22.1 Å². The zero-order chi connectivity index (χ0) is 15.3. The molecule has 0 aliphatic rings. The summed E-state index contributed by atoms with van der Waals surface area (Å²) in [6, 6.07) is 0. The molecule has 4 heteroatoms. The lowest BCUT2D eigenvalue weighted by Crippen LogP contribution is -2.34. The van der Waals surface area contributed by atoms with Crippen molar-refractivity contribution in [2.45, 2.75) is 72.8 Å². The van der Waals surface area contributed by atoms with Gasteiger partial charge in [0.1, 0.15) is 17.5 Å². The van der Waals surface area contributed by atoms with E-state index >= 15 is 0 Å². The van der Waals surface area contributed by atoms with Crippen LogP contribution < -0.4 is 10.6 Å². The summed E-state index contributed by atoms with van der Waals surface area (Å²) in [5, 5.41) is 6.97. The van der Waals surface area contributed by atoms with Gasteiger partial charge < -0.3 is 10.6 Å². The zero-order valence-electron chi connectivity index (χ0n) is 14.1. The molecule has 0 aliphatic heterocycles. The summed E-state index contributed by atoms with van der Waals surface area (Å²) < 4.78 is 0. The van der Waals surface area contributed by atoms with Crippen LogP contribution in [0.2, 0.25) is 0 Å². The van der Waals surface area contributed by atoms with Crippen molar-refractivity contribution in [2.24, 2.45) is 0 Å². The van der Waals surface area contributed by atoms with Crippen LogP contribution in [0.3, 0.4) is 0 Å². The van der Waals surface area contributed by atoms with Gasteiger partial charge in [-0.25, -0.2) is 9.97 Å². The van der Waals surface area contributed by atoms with Crippen molar-refractivity contribution in [2.75, 3.05) is 17.2 Å². The number of rotatable bonds is 7. The fourth-order valence-corrected chi connectivity index (χ4v) is 1.97. The fourth-order valence-electron chi connectivity index (χ4n) is 1.97. The van der Waals surface area contributed by atoms with Crippen LogP contribution in [0.1, 0.15) is 71.7 Å². The van der Waals surface area contributed by atoms with E-state index in [4.69, 9.17) is 4.98 Å². The van der Waals surface area contributed by atoms with E-state index < -0.39 is 0 Å². The Morgan fingerprint density at radius 3 is 2.05 bits per heavy atom. The van der Waals surface area contributed by atoms with Gasteiger partial charge in [-0.1, -0.05) is 27.7 Å². The van der Waals surface area contributed by atoms with E-state index in [0.717, 1.165) is 42.4 Å². The lowest BCUT2D eigenvalue weighted by atomic mass is 9.95. The maximum atomic E-state index is 4.73. The molecular weight excluding hydrogens is 248 g/mol. The van der Waals surface area contributed by atoms with Gasteiger partial charge in [0.05, 0.1) is 0 Å². The molecule has 1 heterocycles. The van der Waals surface area contributed by atoms with Crippen molar-refractivity contribution in [1.82, 2.24) is 9.97 Å². The van der Waals surface area contributed by atoms with Gasteiger partial charge in [-0.2, -0.15) is 0 Å². The minimum atomic E-state index is 0.0802. The smallest absolute Gasteiger partial charge is 0.135 e. The topological polar surface area (TPSA) is 49.8 Å². The van der Waals surface area contributed by atoms with E-state index in [1.807, 2.05) is 0 Å². The number of nitrogens with one attached hydrogen (secondary N) is 2. The first-order valence-electron chi connectivity index (χ1n) is 7.77. The fraction of sp³-hybridized carbons (Fsp3) is 0.750. The third kappa shape index (κ3) is 3.84. The van der Waals surface area contributed by atoms with E-state index in [-0.39, 0.29) is 5.54 Å². The SMILES string of the molecule is CCNc1nc(C(C)C)nc(NC(C)(CC)CC)c1C. The van der Waals surface area contributed by atoms with Crippen molar-refractivity contribution in [3.63, 3.8) is 0 Å². The molecule has 0 bridgehead atoms. The van der Waals surface area contributed by atoms with Crippen LogP contribution in [0.4, 0.5) is 11.6 Å². The Labute approximate surface area is 123 Å². The van der Waals surface area contributed by atoms with Crippen LogP contribution in [0.15, 0.2) is 0 Å². The van der Waals surface area contributed by atoms with Gasteiger partial charge in [0.15, 0.2) is 0 Å². The number of aromatic nitrogens is 2. The predicted molar refractivity (Wildman–Crippen MR) is 87.6 cm³/mol. The molecule has 0 radical (unpaired) electrons. The summed E-state index contributed by atoms with van der Waals surface area (Å²) in [5.41, 5.74) is 1.18. The average molecular weight is 278 g/mol. The third-order valence-corrected chi connectivity index (χ3v) is 4.00. The number of hydrogen-bond acceptors (Lipinski definition) is 4. The van der Waals surface area contributed by atoms with E-state index in [9.17, 15) is 0 Å². The molecule has 0 unspecified atom stereocenters. The highest BCUT2D eigenvalue weighted by Gasteiger charge is 2.22. The molecule has 1 aromatic rings. The molecule has 0 atom stereocenters. The predicted octanol–water partition coefficient (Wildman–Crippen LogP) is 4.33. The first-order valence-corrected chi connectivity index (χ1v) is 7.77. The first-order chi connectivity index (χ1) is 9.36. The lowest BCUT2D eigenvalue weighted by Gasteiger charge is -2.30. The number of nitrogens with zero attached hydrogens (tertiary/aromatic N) is 2. The van der Waals surface area contributed by atoms with Crippen molar-refractivity contribution in [3.05, 3.63) is 11.4 Å². The van der Waals surface area contributed by atoms with Crippen molar-refractivity contribution < 1.29 is 0 Å². The molecule has 0 amide bonds. The third-order valence-electron chi connectivity index (χ3n) is 4.00. The highest BCUT2D eigenvalue weighted by Crippen LogP contribution is 2.27. The summed E-state index contributed by atoms with van der Waals surface area (Å²) in [6.45, 7) is 16.0. The molecule has 0 saturated heterocycles. The van der Waals surface area contributed by atoms with E-state index in [1.54, 1.807) is 0 Å². The quantitative estimate of drug-likeness (QED) is 0.779. The average Bonchev–Trinajstić information content (AvgIpc) is 2.42. The van der Waals surface area contributed by atoms with Crippen LogP contribution in [0, 0.1) is 6.92 Å². The lowest BCUT2D eigenvalue weighted by molar-refractivity contribution is 0.475. The normalized spacial score (nSPS) is 11.8. The van der Waals surface area contributed by atoms with Crippen LogP contribution in [0.5, 0.6) is 0 Å². The molecule has 0 fully saturated rings. The monoisotopic (exact) mass is 278 g/mol. The van der Waals surface area contributed by atoms with Crippen molar-refractivity contribution >= 4 is 11.6 Å². The van der Waals surface area contributed by atoms with Crippen molar-refractivity contribution in [1.29, 1.82) is 0 Å². The Kier molecular flexibility index (Phi) is 5.78. The van der Waals surface area contributed by atoms with E-state index in [0.29, 0.717) is 5.92 Å². The second kappa shape index (κ2) is 6.91. The van der Waals surface area contributed by atoms with Gasteiger partial charge in [-0.15, -0.1) is 0 Å².